The molecule has 0 amide bonds. The zero-order valence-corrected chi connectivity index (χ0v) is 54.1. The van der Waals surface area contributed by atoms with E-state index in [1.807, 2.05) is 27.7 Å². The lowest BCUT2D eigenvalue weighted by Crippen LogP contribution is -2.46. The van der Waals surface area contributed by atoms with E-state index in [0.29, 0.717) is 61.7 Å². The fourth-order valence-electron chi connectivity index (χ4n) is 16.6. The molecule has 25 nitrogen and oxygen atoms in total. The molecule has 0 aromatic rings. The van der Waals surface area contributed by atoms with E-state index in [1.165, 1.54) is 0 Å². The molecule has 0 aromatic heterocycles. The van der Waals surface area contributed by atoms with Crippen molar-refractivity contribution >= 4 is 71.6 Å². The SMILES string of the molecule is C=C(C)C(=O)OC1CCC2(C)CC1OC2=O.C=C(C)C(=O)OC1CCC2CC1(C)OC2=O.C=C(C)C(=O)OC1CCC2CC1OC2=O.C=CC(=O)OC1C2CC3C(=O)OC1(C)C3C2.C=CC(=O)OC1C2CC3C(=O)OC1C3O2.C=CC(=O)OC1C2CC3C1OC(=O)C3(C)C2. The first-order valence-corrected chi connectivity index (χ1v) is 32.3. The van der Waals surface area contributed by atoms with Crippen molar-refractivity contribution in [3.8, 4) is 0 Å². The summed E-state index contributed by atoms with van der Waals surface area (Å²) in [6.07, 6.45) is 10.3. The minimum atomic E-state index is -0.634. The van der Waals surface area contributed by atoms with Crippen molar-refractivity contribution in [3.63, 3.8) is 0 Å². The number of esters is 12. The zero-order valence-electron chi connectivity index (χ0n) is 54.1. The maximum atomic E-state index is 11.7. The van der Waals surface area contributed by atoms with E-state index in [4.69, 9.17) is 61.6 Å². The van der Waals surface area contributed by atoms with Crippen LogP contribution < -0.4 is 0 Å². The van der Waals surface area contributed by atoms with E-state index in [9.17, 15) is 57.5 Å². The Kier molecular flexibility index (Phi) is 19.3. The summed E-state index contributed by atoms with van der Waals surface area (Å²) in [5.74, 6) is -2.62. The molecule has 8 aliphatic heterocycles. The van der Waals surface area contributed by atoms with Gasteiger partial charge in [-0.15, -0.1) is 0 Å². The van der Waals surface area contributed by atoms with Gasteiger partial charge < -0.3 is 61.6 Å². The molecule has 15 rings (SSSR count). The third kappa shape index (κ3) is 13.0. The molecular weight excluding hydrogens is 1230 g/mol. The van der Waals surface area contributed by atoms with E-state index >= 15 is 0 Å². The van der Waals surface area contributed by atoms with E-state index < -0.39 is 59.2 Å². The average Bonchev–Trinajstić information content (AvgIpc) is 1.55. The summed E-state index contributed by atoms with van der Waals surface area (Å²) >= 11 is 0. The molecule has 0 aromatic carbocycles. The van der Waals surface area contributed by atoms with Gasteiger partial charge >= 0.3 is 71.6 Å². The van der Waals surface area contributed by atoms with Crippen LogP contribution in [0.4, 0.5) is 0 Å². The molecule has 25 heteroatoms. The van der Waals surface area contributed by atoms with Crippen molar-refractivity contribution < 1.29 is 119 Å². The van der Waals surface area contributed by atoms with Crippen molar-refractivity contribution in [3.05, 3.63) is 74.4 Å². The number of hydrogen-bond donors (Lipinski definition) is 0. The van der Waals surface area contributed by atoms with Crippen LogP contribution in [0.2, 0.25) is 0 Å². The highest BCUT2D eigenvalue weighted by Gasteiger charge is 2.71. The van der Waals surface area contributed by atoms with Crippen LogP contribution in [0.1, 0.15) is 138 Å². The fraction of sp³-hybridized carbons (Fsp3) is 0.652. The highest BCUT2D eigenvalue weighted by molar-refractivity contribution is 5.89. The molecule has 12 bridgehead atoms. The number of rotatable bonds is 12. The van der Waals surface area contributed by atoms with E-state index in [0.717, 1.165) is 63.2 Å². The number of hydrogen-bond acceptors (Lipinski definition) is 25. The molecule has 7 aliphatic carbocycles. The summed E-state index contributed by atoms with van der Waals surface area (Å²) in [5, 5.41) is 0. The maximum absolute atomic E-state index is 11.7. The zero-order chi connectivity index (χ0) is 68.4. The van der Waals surface area contributed by atoms with Crippen LogP contribution >= 0.6 is 0 Å². The van der Waals surface area contributed by atoms with Crippen LogP contribution in [0.25, 0.3) is 0 Å². The fourth-order valence-corrected chi connectivity index (χ4v) is 16.6. The van der Waals surface area contributed by atoms with Gasteiger partial charge in [0.1, 0.15) is 66.1 Å². The molecule has 7 saturated carbocycles. The highest BCUT2D eigenvalue weighted by atomic mass is 16.7. The quantitative estimate of drug-likeness (QED) is 0.118. The topological polar surface area (TPSA) is 325 Å². The van der Waals surface area contributed by atoms with E-state index in [-0.39, 0.29) is 155 Å². The minimum absolute atomic E-state index is 0.00946. The molecule has 8 saturated heterocycles. The molecule has 24 unspecified atom stereocenters. The smallest absolute Gasteiger partial charge is 0.333 e. The first kappa shape index (κ1) is 68.9. The predicted octanol–water partition coefficient (Wildman–Crippen LogP) is 6.29. The molecule has 0 N–H and O–H groups in total. The molecule has 0 radical (unpaired) electrons. The second kappa shape index (κ2) is 26.3. The van der Waals surface area contributed by atoms with Crippen molar-refractivity contribution in [1.29, 1.82) is 0 Å². The second-order valence-corrected chi connectivity index (χ2v) is 28.4. The van der Waals surface area contributed by atoms with Crippen LogP contribution in [-0.2, 0) is 119 Å². The molecule has 94 heavy (non-hydrogen) atoms. The lowest BCUT2D eigenvalue weighted by atomic mass is 9.75. The first-order chi connectivity index (χ1) is 44.2. The summed E-state index contributed by atoms with van der Waals surface area (Å²) in [6, 6.07) is 0. The molecular formula is C69H84O25. The van der Waals surface area contributed by atoms with E-state index in [1.54, 1.807) is 20.8 Å². The lowest BCUT2D eigenvalue weighted by molar-refractivity contribution is -0.170. The van der Waals surface area contributed by atoms with E-state index in [2.05, 4.69) is 39.5 Å². The summed E-state index contributed by atoms with van der Waals surface area (Å²) in [4.78, 5) is 137. The summed E-state index contributed by atoms with van der Waals surface area (Å²) in [7, 11) is 0. The first-order valence-electron chi connectivity index (χ1n) is 32.3. The van der Waals surface area contributed by atoms with Gasteiger partial charge in [0, 0.05) is 77.9 Å². The van der Waals surface area contributed by atoms with Gasteiger partial charge in [0.15, 0.2) is 12.2 Å². The predicted molar refractivity (Wildman–Crippen MR) is 320 cm³/mol. The summed E-state index contributed by atoms with van der Waals surface area (Å²) < 4.78 is 68.7. The number of fused-ring (bicyclic) bond motifs is 9. The largest absolute Gasteiger partial charge is 0.458 e. The van der Waals surface area contributed by atoms with Crippen LogP contribution in [0, 0.1) is 58.2 Å². The maximum Gasteiger partial charge on any atom is 0.333 e. The van der Waals surface area contributed by atoms with Crippen LogP contribution in [-0.4, -0.2) is 156 Å². The van der Waals surface area contributed by atoms with Gasteiger partial charge in [0.2, 0.25) is 0 Å². The molecule has 8 heterocycles. The third-order valence-corrected chi connectivity index (χ3v) is 21.7. The van der Waals surface area contributed by atoms with Crippen LogP contribution in [0.15, 0.2) is 74.4 Å². The molecule has 0 spiro atoms. The van der Waals surface area contributed by atoms with Crippen molar-refractivity contribution in [1.82, 2.24) is 0 Å². The molecule has 15 aliphatic rings. The molecule has 510 valence electrons. The normalized spacial score (nSPS) is 41.4. The van der Waals surface area contributed by atoms with Gasteiger partial charge in [-0.05, 0) is 119 Å². The summed E-state index contributed by atoms with van der Waals surface area (Å²) in [5.41, 5.74) is -0.799. The Morgan fingerprint density at radius 2 is 1.07 bits per heavy atom. The van der Waals surface area contributed by atoms with Crippen LogP contribution in [0.5, 0.6) is 0 Å². The van der Waals surface area contributed by atoms with Gasteiger partial charge in [-0.3, -0.25) is 28.8 Å². The molecule has 15 fully saturated rings. The van der Waals surface area contributed by atoms with Crippen LogP contribution in [0.3, 0.4) is 0 Å². The van der Waals surface area contributed by atoms with Gasteiger partial charge in [-0.2, -0.15) is 0 Å². The highest BCUT2D eigenvalue weighted by Crippen LogP contribution is 2.63. The molecule has 24 atom stereocenters. The number of carbonyl (C=O) groups is 12. The number of ether oxygens (including phenoxy) is 13. The van der Waals surface area contributed by atoms with Crippen molar-refractivity contribution in [2.24, 2.45) is 58.2 Å². The van der Waals surface area contributed by atoms with Gasteiger partial charge in [0.25, 0.3) is 0 Å². The van der Waals surface area contributed by atoms with Crippen molar-refractivity contribution in [2.45, 2.75) is 223 Å². The van der Waals surface area contributed by atoms with Gasteiger partial charge in [0.05, 0.1) is 40.6 Å². The minimum Gasteiger partial charge on any atom is -0.458 e. The van der Waals surface area contributed by atoms with Gasteiger partial charge in [-0.1, -0.05) is 39.5 Å². The Labute approximate surface area is 544 Å². The average molecular weight is 1310 g/mol. The number of carbonyl (C=O) groups excluding carboxylic acids is 12. The monoisotopic (exact) mass is 1310 g/mol. The second-order valence-electron chi connectivity index (χ2n) is 28.4. The Bertz CT molecular complexity index is 3250. The Balaban J connectivity index is 0.000000123. The Hall–Kier alpha value is -7.96. The van der Waals surface area contributed by atoms with Gasteiger partial charge in [-0.25, -0.2) is 28.8 Å². The third-order valence-electron chi connectivity index (χ3n) is 21.7. The Morgan fingerprint density at radius 1 is 0.479 bits per heavy atom. The Morgan fingerprint density at radius 3 is 1.71 bits per heavy atom. The summed E-state index contributed by atoms with van der Waals surface area (Å²) in [6.45, 7) is 33.1. The van der Waals surface area contributed by atoms with Crippen molar-refractivity contribution in [2.75, 3.05) is 0 Å². The standard InChI is InChI=1S/2C12H14O4.2C12H16O4.C11H14O4.C10H10O5/c1-3-9(13)15-10-6-4-7-8(5-6)12(10,2)16-11(7)14;1-3-8(13)15-9-6-4-7-10(9)16-11(14)12(7,2)5-6;1-7(2)10(13)15-8-4-5-12(3)6-9(8)16-11(12)14;1-7(2)10(13)15-9-5-4-8-6-12(9,3)16-11(8)14;1-6(2)10(12)14-8-4-3-7-5-9(8)15-11(7)13;1-2-6(11)14-8-5-3-4-7(13-5)9(8)15-10(4)12/h3,6-8,10H,1,4-5H2,2H3;3,6-7,9-10H,1,4-5H2,2H3;2*8-9H,1,4-6H2,2-3H3;7-9H,1,3-5H2,2H3;2,4-5,7-9H,1,3H2. The lowest BCUT2D eigenvalue weighted by Gasteiger charge is -2.34.